The maximum absolute atomic E-state index is 13.3. The fourth-order valence-corrected chi connectivity index (χ4v) is 4.67. The summed E-state index contributed by atoms with van der Waals surface area (Å²) in [7, 11) is 1.62. The zero-order chi connectivity index (χ0) is 29.1. The van der Waals surface area contributed by atoms with Gasteiger partial charge in [-0.05, 0) is 49.3 Å². The van der Waals surface area contributed by atoms with Crippen molar-refractivity contribution in [2.45, 2.75) is 58.5 Å². The summed E-state index contributed by atoms with van der Waals surface area (Å²) < 4.78 is 16.3. The van der Waals surface area contributed by atoms with Crippen LogP contribution in [0.25, 0.3) is 10.9 Å². The molecule has 1 fully saturated rings. The Morgan fingerprint density at radius 3 is 2.65 bits per heavy atom. The number of piperidine rings is 1. The molecular formula is C30H42N4O6. The summed E-state index contributed by atoms with van der Waals surface area (Å²) in [4.78, 5) is 42.0. The summed E-state index contributed by atoms with van der Waals surface area (Å²) >= 11 is 0. The molecule has 1 aliphatic rings. The van der Waals surface area contributed by atoms with E-state index in [9.17, 15) is 14.4 Å². The number of carbonyl (C=O) groups excluding carboxylic acids is 3. The molecule has 1 aromatic carbocycles. The third-order valence-corrected chi connectivity index (χ3v) is 6.66. The van der Waals surface area contributed by atoms with Crippen molar-refractivity contribution in [3.63, 3.8) is 0 Å². The quantitative estimate of drug-likeness (QED) is 0.210. The highest BCUT2D eigenvalue weighted by molar-refractivity contribution is 6.01. The van der Waals surface area contributed by atoms with Gasteiger partial charge in [-0.3, -0.25) is 14.4 Å². The zero-order valence-corrected chi connectivity index (χ0v) is 23.9. The number of hydrogen-bond donors (Lipinski definition) is 4. The van der Waals surface area contributed by atoms with Gasteiger partial charge in [0.1, 0.15) is 24.1 Å². The number of rotatable bonds is 14. The molecule has 0 unspecified atom stereocenters. The van der Waals surface area contributed by atoms with Crippen LogP contribution in [0.2, 0.25) is 0 Å². The fourth-order valence-electron chi connectivity index (χ4n) is 4.67. The monoisotopic (exact) mass is 554 g/mol. The average Bonchev–Trinajstić information content (AvgIpc) is 3.36. The molecule has 0 radical (unpaired) electrons. The third kappa shape index (κ3) is 9.28. The van der Waals surface area contributed by atoms with Crippen LogP contribution in [0.5, 0.6) is 5.75 Å². The van der Waals surface area contributed by atoms with Crippen molar-refractivity contribution in [1.29, 1.82) is 0 Å². The second-order valence-corrected chi connectivity index (χ2v) is 11.2. The lowest BCUT2D eigenvalue weighted by atomic mass is 9.87. The Bertz CT molecular complexity index is 1200. The Kier molecular flexibility index (Phi) is 11.4. The molecule has 0 aliphatic carbocycles. The molecule has 1 aliphatic heterocycles. The predicted octanol–water partition coefficient (Wildman–Crippen LogP) is 2.78. The van der Waals surface area contributed by atoms with Crippen LogP contribution in [0.3, 0.4) is 0 Å². The van der Waals surface area contributed by atoms with Gasteiger partial charge in [-0.2, -0.15) is 0 Å². The lowest BCUT2D eigenvalue weighted by Gasteiger charge is -2.28. The lowest BCUT2D eigenvalue weighted by Crippen LogP contribution is -2.51. The van der Waals surface area contributed by atoms with E-state index < -0.39 is 18.0 Å². The van der Waals surface area contributed by atoms with E-state index in [0.717, 1.165) is 23.7 Å². The van der Waals surface area contributed by atoms with Crippen LogP contribution in [0.15, 0.2) is 24.3 Å². The highest BCUT2D eigenvalue weighted by Crippen LogP contribution is 2.27. The minimum atomic E-state index is -0.824. The smallest absolute Gasteiger partial charge is 0.268 e. The largest absolute Gasteiger partial charge is 0.490 e. The van der Waals surface area contributed by atoms with Crippen molar-refractivity contribution >= 4 is 28.6 Å². The highest BCUT2D eigenvalue weighted by Gasteiger charge is 2.31. The molecule has 0 bridgehead atoms. The number of terminal acetylenes is 1. The van der Waals surface area contributed by atoms with Crippen LogP contribution >= 0.6 is 0 Å². The molecule has 40 heavy (non-hydrogen) atoms. The van der Waals surface area contributed by atoms with Gasteiger partial charge in [0.05, 0.1) is 25.9 Å². The number of nitrogens with one attached hydrogen (secondary N) is 4. The topological polar surface area (TPSA) is 131 Å². The Balaban J connectivity index is 1.68. The van der Waals surface area contributed by atoms with Gasteiger partial charge in [-0.25, -0.2) is 0 Å². The summed E-state index contributed by atoms with van der Waals surface area (Å²) in [5.41, 5.74) is 0.788. The van der Waals surface area contributed by atoms with Crippen LogP contribution in [-0.4, -0.2) is 74.9 Å². The van der Waals surface area contributed by atoms with Gasteiger partial charge < -0.3 is 35.1 Å². The summed E-state index contributed by atoms with van der Waals surface area (Å²) in [6, 6.07) is 5.79. The molecule has 0 spiro atoms. The molecular weight excluding hydrogens is 512 g/mol. The first kappa shape index (κ1) is 31.0. The normalized spacial score (nSPS) is 17.0. The summed E-state index contributed by atoms with van der Waals surface area (Å²) in [6.07, 6.45) is 8.07. The Morgan fingerprint density at radius 2 is 1.95 bits per heavy atom. The average molecular weight is 555 g/mol. The van der Waals surface area contributed by atoms with Crippen molar-refractivity contribution in [2.75, 3.05) is 40.1 Å². The lowest BCUT2D eigenvalue weighted by molar-refractivity contribution is -0.128. The highest BCUT2D eigenvalue weighted by atomic mass is 16.5. The maximum Gasteiger partial charge on any atom is 0.268 e. The van der Waals surface area contributed by atoms with Gasteiger partial charge in [-0.1, -0.05) is 32.8 Å². The fraction of sp³-hybridized carbons (Fsp3) is 0.567. The zero-order valence-electron chi connectivity index (χ0n) is 23.9. The maximum atomic E-state index is 13.3. The standard InChI is InChI=1S/C30H42N4O6/c1-6-21(17-20-9-8-12-31-27(20)35)32-29(37)25(19-30(2,3)4)34-28(36)24-18-22-23(33-24)10-7-11-26(22)40-16-15-39-14-13-38-5/h1,7,10-11,18,20-21,25,33H,8-9,12-17,19H2,2-5H3,(H,31,35)(H,32,37)(H,34,36)/t20-,21+,25-/m0/s1. The van der Waals surface area contributed by atoms with Crippen molar-refractivity contribution in [1.82, 2.24) is 20.9 Å². The number of methoxy groups -OCH3 is 1. The van der Waals surface area contributed by atoms with E-state index in [4.69, 9.17) is 20.6 Å². The molecule has 1 saturated heterocycles. The molecule has 3 atom stereocenters. The molecule has 10 heteroatoms. The number of aromatic amines is 1. The SMILES string of the molecule is C#C[C@H](C[C@@H]1CCCNC1=O)NC(=O)[C@H](CC(C)(C)C)NC(=O)c1cc2c(OCCOCCOC)cccc2[nH]1. The first-order valence-corrected chi connectivity index (χ1v) is 13.8. The van der Waals surface area contributed by atoms with Crippen LogP contribution in [0.4, 0.5) is 0 Å². The van der Waals surface area contributed by atoms with E-state index in [2.05, 4.69) is 26.9 Å². The van der Waals surface area contributed by atoms with E-state index >= 15 is 0 Å². The molecule has 0 saturated carbocycles. The van der Waals surface area contributed by atoms with E-state index in [0.29, 0.717) is 57.3 Å². The summed E-state index contributed by atoms with van der Waals surface area (Å²) in [5, 5.41) is 9.35. The third-order valence-electron chi connectivity index (χ3n) is 6.66. The molecule has 218 valence electrons. The van der Waals surface area contributed by atoms with Gasteiger partial charge in [0.15, 0.2) is 0 Å². The number of H-pyrrole nitrogens is 1. The van der Waals surface area contributed by atoms with Gasteiger partial charge in [-0.15, -0.1) is 6.42 Å². The number of carbonyl (C=O) groups is 3. The number of benzene rings is 1. The van der Waals surface area contributed by atoms with E-state index in [-0.39, 0.29) is 23.1 Å². The molecule has 2 aromatic rings. The molecule has 10 nitrogen and oxygen atoms in total. The first-order valence-electron chi connectivity index (χ1n) is 13.8. The number of aromatic nitrogens is 1. The van der Waals surface area contributed by atoms with Crippen molar-refractivity contribution in [3.05, 3.63) is 30.0 Å². The van der Waals surface area contributed by atoms with Crippen molar-refractivity contribution < 1.29 is 28.6 Å². The van der Waals surface area contributed by atoms with Crippen LogP contribution in [0, 0.1) is 23.7 Å². The van der Waals surface area contributed by atoms with Crippen LogP contribution < -0.4 is 20.7 Å². The van der Waals surface area contributed by atoms with Gasteiger partial charge in [0.25, 0.3) is 5.91 Å². The van der Waals surface area contributed by atoms with Crippen LogP contribution in [-0.2, 0) is 19.1 Å². The Hall–Kier alpha value is -3.55. The van der Waals surface area contributed by atoms with E-state index in [1.807, 2.05) is 39.0 Å². The Morgan fingerprint density at radius 1 is 1.18 bits per heavy atom. The molecule has 4 N–H and O–H groups in total. The van der Waals surface area contributed by atoms with Crippen molar-refractivity contribution in [2.24, 2.45) is 11.3 Å². The van der Waals surface area contributed by atoms with Gasteiger partial charge >= 0.3 is 0 Å². The summed E-state index contributed by atoms with van der Waals surface area (Å²) in [6.45, 7) is 8.41. The number of amides is 3. The van der Waals surface area contributed by atoms with Gasteiger partial charge in [0, 0.05) is 30.5 Å². The number of ether oxygens (including phenoxy) is 3. The molecule has 3 rings (SSSR count). The molecule has 2 heterocycles. The summed E-state index contributed by atoms with van der Waals surface area (Å²) in [5.74, 6) is 2.14. The first-order chi connectivity index (χ1) is 19.1. The van der Waals surface area contributed by atoms with Gasteiger partial charge in [0.2, 0.25) is 11.8 Å². The predicted molar refractivity (Wildman–Crippen MR) is 153 cm³/mol. The minimum absolute atomic E-state index is 0.0407. The van der Waals surface area contributed by atoms with Crippen LogP contribution in [0.1, 0.15) is 56.9 Å². The second-order valence-electron chi connectivity index (χ2n) is 11.2. The van der Waals surface area contributed by atoms with Crippen molar-refractivity contribution in [3.8, 4) is 18.1 Å². The molecule has 1 aromatic heterocycles. The van der Waals surface area contributed by atoms with E-state index in [1.165, 1.54) is 0 Å². The second kappa shape index (κ2) is 14.7. The minimum Gasteiger partial charge on any atom is -0.490 e. The number of fused-ring (bicyclic) bond motifs is 1. The van der Waals surface area contributed by atoms with E-state index in [1.54, 1.807) is 13.2 Å². The molecule has 3 amide bonds. The Labute approximate surface area is 236 Å². The number of hydrogen-bond acceptors (Lipinski definition) is 6.